The summed E-state index contributed by atoms with van der Waals surface area (Å²) in [5.74, 6) is 0. The number of hydrogen-bond donors (Lipinski definition) is 0. The molecule has 0 amide bonds. The summed E-state index contributed by atoms with van der Waals surface area (Å²) in [4.78, 5) is -0.254. The maximum absolute atomic E-state index is 6.33. The van der Waals surface area contributed by atoms with Gasteiger partial charge in [0, 0.05) is 0 Å². The molecular weight excluding hydrogens is 288 g/mol. The third-order valence-corrected chi connectivity index (χ3v) is 4.68. The molecule has 0 aliphatic rings. The number of hydrogen-bond acceptors (Lipinski definition) is 0. The Morgan fingerprint density at radius 2 is 1.18 bits per heavy atom. The minimum absolute atomic E-state index is 0.254. The molecule has 0 bridgehead atoms. The molecule has 0 nitrogen and oxygen atoms in total. The van der Waals surface area contributed by atoms with Gasteiger partial charge in [-0.1, -0.05) is 89.0 Å². The summed E-state index contributed by atoms with van der Waals surface area (Å²) in [6.45, 7) is 6.38. The quantitative estimate of drug-likeness (QED) is 0.274. The second-order valence-corrected chi connectivity index (χ2v) is 8.05. The van der Waals surface area contributed by atoms with Crippen molar-refractivity contribution in [3.63, 3.8) is 0 Å². The topological polar surface area (TPSA) is 0 Å². The number of halogens is 1. The third-order valence-electron chi connectivity index (χ3n) is 4.46. The molecule has 0 aromatic heterocycles. The van der Waals surface area contributed by atoms with Crippen molar-refractivity contribution in [1.29, 1.82) is 0 Å². The van der Waals surface area contributed by atoms with Crippen LogP contribution >= 0.6 is 11.6 Å². The average molecular weight is 323 g/mol. The van der Waals surface area contributed by atoms with E-state index in [4.69, 9.17) is 11.6 Å². The zero-order chi connectivity index (χ0) is 16.3. The van der Waals surface area contributed by atoms with Crippen molar-refractivity contribution in [1.82, 2.24) is 0 Å². The number of unbranched alkanes of at least 4 members (excludes halogenated alkanes) is 9. The van der Waals surface area contributed by atoms with E-state index in [1.54, 1.807) is 0 Å². The van der Waals surface area contributed by atoms with Crippen LogP contribution in [0.25, 0.3) is 0 Å². The molecule has 1 aromatic carbocycles. The molecule has 0 unspecified atom stereocenters. The SMILES string of the molecule is CCCCCCCCCCCCc1ccc(C(C)(C)Cl)cc1. The Bertz CT molecular complexity index is 372. The molecule has 0 aliphatic heterocycles. The molecule has 1 aromatic rings. The maximum atomic E-state index is 6.33. The van der Waals surface area contributed by atoms with E-state index in [0.29, 0.717) is 0 Å². The first-order valence-corrected chi connectivity index (χ1v) is 9.70. The Kier molecular flexibility index (Phi) is 9.87. The van der Waals surface area contributed by atoms with Gasteiger partial charge in [0.05, 0.1) is 4.87 Å². The first kappa shape index (κ1) is 19.6. The van der Waals surface area contributed by atoms with E-state index >= 15 is 0 Å². The van der Waals surface area contributed by atoms with E-state index in [1.807, 2.05) is 13.8 Å². The van der Waals surface area contributed by atoms with E-state index < -0.39 is 0 Å². The zero-order valence-electron chi connectivity index (χ0n) is 15.0. The summed E-state index contributed by atoms with van der Waals surface area (Å²) >= 11 is 6.33. The molecule has 1 heteroatoms. The van der Waals surface area contributed by atoms with Gasteiger partial charge < -0.3 is 0 Å². The molecule has 126 valence electrons. The molecule has 0 radical (unpaired) electrons. The largest absolute Gasteiger partial charge is 0.115 e. The number of aryl methyl sites for hydroxylation is 1. The fourth-order valence-corrected chi connectivity index (χ4v) is 3.01. The normalized spacial score (nSPS) is 11.8. The molecule has 22 heavy (non-hydrogen) atoms. The summed E-state index contributed by atoms with van der Waals surface area (Å²) in [6, 6.07) is 8.84. The molecular formula is C21H35Cl. The highest BCUT2D eigenvalue weighted by molar-refractivity contribution is 6.23. The van der Waals surface area contributed by atoms with E-state index in [-0.39, 0.29) is 4.87 Å². The van der Waals surface area contributed by atoms with Gasteiger partial charge in [-0.2, -0.15) is 0 Å². The second-order valence-electron chi connectivity index (χ2n) is 7.10. The predicted molar refractivity (Wildman–Crippen MR) is 101 cm³/mol. The molecule has 0 heterocycles. The van der Waals surface area contributed by atoms with Crippen LogP contribution in [0.5, 0.6) is 0 Å². The summed E-state index contributed by atoms with van der Waals surface area (Å²) in [7, 11) is 0. The van der Waals surface area contributed by atoms with Gasteiger partial charge in [-0.15, -0.1) is 11.6 Å². The molecule has 0 atom stereocenters. The fraction of sp³-hybridized carbons (Fsp3) is 0.714. The Morgan fingerprint density at radius 1 is 0.727 bits per heavy atom. The van der Waals surface area contributed by atoms with Crippen LogP contribution in [0.2, 0.25) is 0 Å². The Hall–Kier alpha value is -0.490. The van der Waals surface area contributed by atoms with Gasteiger partial charge in [0.15, 0.2) is 0 Å². The minimum Gasteiger partial charge on any atom is -0.115 e. The molecule has 0 saturated carbocycles. The Balaban J connectivity index is 2.03. The van der Waals surface area contributed by atoms with Gasteiger partial charge in [0.2, 0.25) is 0 Å². The van der Waals surface area contributed by atoms with Gasteiger partial charge in [-0.25, -0.2) is 0 Å². The smallest absolute Gasteiger partial charge is 0.0638 e. The highest BCUT2D eigenvalue weighted by Gasteiger charge is 2.15. The van der Waals surface area contributed by atoms with Crippen LogP contribution in [0, 0.1) is 0 Å². The van der Waals surface area contributed by atoms with Crippen molar-refractivity contribution in [3.8, 4) is 0 Å². The van der Waals surface area contributed by atoms with Crippen molar-refractivity contribution in [2.24, 2.45) is 0 Å². The lowest BCUT2D eigenvalue weighted by molar-refractivity contribution is 0.556. The molecule has 0 aliphatic carbocycles. The molecule has 0 N–H and O–H groups in total. The lowest BCUT2D eigenvalue weighted by atomic mass is 9.98. The first-order valence-electron chi connectivity index (χ1n) is 9.32. The predicted octanol–water partition coefficient (Wildman–Crippen LogP) is 7.62. The van der Waals surface area contributed by atoms with E-state index in [9.17, 15) is 0 Å². The Morgan fingerprint density at radius 3 is 1.64 bits per heavy atom. The number of rotatable bonds is 12. The highest BCUT2D eigenvalue weighted by atomic mass is 35.5. The van der Waals surface area contributed by atoms with Crippen LogP contribution in [0.1, 0.15) is 96.1 Å². The average Bonchev–Trinajstić information content (AvgIpc) is 2.49. The van der Waals surface area contributed by atoms with Gasteiger partial charge in [-0.3, -0.25) is 0 Å². The number of benzene rings is 1. The van der Waals surface area contributed by atoms with Crippen LogP contribution in [0.15, 0.2) is 24.3 Å². The standard InChI is InChI=1S/C21H35Cl/c1-4-5-6-7-8-9-10-11-12-13-14-19-15-17-20(18-16-19)21(2,3)22/h15-18H,4-14H2,1-3H3. The van der Waals surface area contributed by atoms with Gasteiger partial charge in [0.1, 0.15) is 0 Å². The fourth-order valence-electron chi connectivity index (χ4n) is 2.88. The molecule has 0 fully saturated rings. The second kappa shape index (κ2) is 11.1. The summed E-state index contributed by atoms with van der Waals surface area (Å²) in [5.41, 5.74) is 2.66. The van der Waals surface area contributed by atoms with Crippen LogP contribution in [-0.2, 0) is 11.3 Å². The lowest BCUT2D eigenvalue weighted by Gasteiger charge is -2.16. The molecule has 0 spiro atoms. The van der Waals surface area contributed by atoms with Crippen LogP contribution in [-0.4, -0.2) is 0 Å². The van der Waals surface area contributed by atoms with Crippen molar-refractivity contribution >= 4 is 11.6 Å². The molecule has 0 saturated heterocycles. The van der Waals surface area contributed by atoms with Crippen molar-refractivity contribution in [3.05, 3.63) is 35.4 Å². The zero-order valence-corrected chi connectivity index (χ0v) is 15.7. The van der Waals surface area contributed by atoms with Crippen LogP contribution in [0.3, 0.4) is 0 Å². The highest BCUT2D eigenvalue weighted by Crippen LogP contribution is 2.27. The van der Waals surface area contributed by atoms with Gasteiger partial charge in [-0.05, 0) is 37.8 Å². The molecule has 1 rings (SSSR count). The van der Waals surface area contributed by atoms with E-state index in [2.05, 4.69) is 31.2 Å². The monoisotopic (exact) mass is 322 g/mol. The first-order chi connectivity index (χ1) is 10.5. The van der Waals surface area contributed by atoms with Gasteiger partial charge >= 0.3 is 0 Å². The van der Waals surface area contributed by atoms with E-state index in [1.165, 1.54) is 81.8 Å². The summed E-state index contributed by atoms with van der Waals surface area (Å²) < 4.78 is 0. The number of alkyl halides is 1. The van der Waals surface area contributed by atoms with Crippen LogP contribution in [0.4, 0.5) is 0 Å². The van der Waals surface area contributed by atoms with Crippen molar-refractivity contribution < 1.29 is 0 Å². The van der Waals surface area contributed by atoms with Crippen molar-refractivity contribution in [2.45, 2.75) is 96.3 Å². The van der Waals surface area contributed by atoms with E-state index in [0.717, 1.165) is 0 Å². The maximum Gasteiger partial charge on any atom is 0.0638 e. The summed E-state index contributed by atoms with van der Waals surface area (Å²) in [6.07, 6.45) is 15.2. The Labute approximate surface area is 143 Å². The van der Waals surface area contributed by atoms with Gasteiger partial charge in [0.25, 0.3) is 0 Å². The lowest BCUT2D eigenvalue weighted by Crippen LogP contribution is -2.06. The third kappa shape index (κ3) is 8.83. The van der Waals surface area contributed by atoms with Crippen LogP contribution < -0.4 is 0 Å². The van der Waals surface area contributed by atoms with Crippen molar-refractivity contribution in [2.75, 3.05) is 0 Å². The summed E-state index contributed by atoms with van der Waals surface area (Å²) in [5, 5.41) is 0. The minimum atomic E-state index is -0.254.